The van der Waals surface area contributed by atoms with Gasteiger partial charge in [0.2, 0.25) is 5.13 Å². The Labute approximate surface area is 116 Å². The van der Waals surface area contributed by atoms with E-state index in [1.165, 1.54) is 11.3 Å². The van der Waals surface area contributed by atoms with Gasteiger partial charge in [-0.15, -0.1) is 21.5 Å². The van der Waals surface area contributed by atoms with Gasteiger partial charge < -0.3 is 5.32 Å². The van der Waals surface area contributed by atoms with E-state index in [2.05, 4.69) is 25.7 Å². The highest BCUT2D eigenvalue weighted by Gasteiger charge is 2.12. The number of H-pyrrole nitrogens is 1. The summed E-state index contributed by atoms with van der Waals surface area (Å²) in [6, 6.07) is 5.63. The van der Waals surface area contributed by atoms with E-state index in [1.54, 1.807) is 24.5 Å². The van der Waals surface area contributed by atoms with Gasteiger partial charge in [-0.05, 0) is 17.5 Å². The van der Waals surface area contributed by atoms with Crippen molar-refractivity contribution in [3.8, 4) is 21.1 Å². The average molecular weight is 291 g/mol. The van der Waals surface area contributed by atoms with E-state index in [1.807, 2.05) is 17.5 Å². The van der Waals surface area contributed by atoms with Gasteiger partial charge in [-0.1, -0.05) is 17.4 Å². The zero-order valence-corrected chi connectivity index (χ0v) is 11.5. The van der Waals surface area contributed by atoms with Gasteiger partial charge in [0.05, 0.1) is 10.4 Å². The highest BCUT2D eigenvalue weighted by atomic mass is 32.1. The second kappa shape index (κ2) is 4.90. The van der Waals surface area contributed by atoms with Crippen LogP contribution in [-0.2, 0) is 0 Å². The number of aromatic amines is 1. The molecule has 0 aliphatic rings. The number of rotatable bonds is 3. The standard InChI is InChI=1S/C11H9N5OS2/c1-12-11-16-15-10(19-11)6-5-7(13-14-9(6)17)8-3-2-4-18-8/h2-5H,1H3,(H,12,16)(H,14,17). The summed E-state index contributed by atoms with van der Waals surface area (Å²) in [5.41, 5.74) is 0.947. The SMILES string of the molecule is CNc1nnc(-c2cc(-c3cccs3)n[nH]c2=O)s1. The minimum atomic E-state index is -0.265. The van der Waals surface area contributed by atoms with Gasteiger partial charge in [0, 0.05) is 7.05 Å². The molecule has 3 heterocycles. The number of thiophene rings is 1. The molecule has 2 N–H and O–H groups in total. The molecule has 0 radical (unpaired) electrons. The lowest BCUT2D eigenvalue weighted by atomic mass is 10.2. The summed E-state index contributed by atoms with van der Waals surface area (Å²) in [7, 11) is 1.76. The Morgan fingerprint density at radius 3 is 2.95 bits per heavy atom. The van der Waals surface area contributed by atoms with Crippen molar-refractivity contribution in [3.05, 3.63) is 33.9 Å². The largest absolute Gasteiger partial charge is 0.363 e. The minimum absolute atomic E-state index is 0.265. The molecule has 0 saturated carbocycles. The van der Waals surface area contributed by atoms with Gasteiger partial charge in [0.25, 0.3) is 5.56 Å². The summed E-state index contributed by atoms with van der Waals surface area (Å²) >= 11 is 2.89. The van der Waals surface area contributed by atoms with Crippen LogP contribution in [0.25, 0.3) is 21.1 Å². The highest BCUT2D eigenvalue weighted by molar-refractivity contribution is 7.18. The van der Waals surface area contributed by atoms with Crippen LogP contribution in [-0.4, -0.2) is 27.4 Å². The van der Waals surface area contributed by atoms with Gasteiger partial charge in [0.15, 0.2) is 5.01 Å². The van der Waals surface area contributed by atoms with Crippen molar-refractivity contribution in [1.29, 1.82) is 0 Å². The van der Waals surface area contributed by atoms with E-state index in [-0.39, 0.29) is 5.56 Å². The van der Waals surface area contributed by atoms with Crippen LogP contribution in [0.1, 0.15) is 0 Å². The first-order valence-electron chi connectivity index (χ1n) is 5.43. The van der Waals surface area contributed by atoms with Crippen molar-refractivity contribution in [2.45, 2.75) is 0 Å². The molecule has 0 unspecified atom stereocenters. The molecule has 3 aromatic rings. The first-order chi connectivity index (χ1) is 9.28. The van der Waals surface area contributed by atoms with Crippen LogP contribution < -0.4 is 10.9 Å². The predicted molar refractivity (Wildman–Crippen MR) is 76.6 cm³/mol. The zero-order valence-electron chi connectivity index (χ0n) is 9.88. The Bertz CT molecular complexity index is 747. The summed E-state index contributed by atoms with van der Waals surface area (Å²) in [6.45, 7) is 0. The van der Waals surface area contributed by atoms with Crippen molar-refractivity contribution >= 4 is 27.8 Å². The molecule has 0 aliphatic carbocycles. The maximum Gasteiger partial charge on any atom is 0.274 e. The van der Waals surface area contributed by atoms with Crippen LogP contribution in [0.5, 0.6) is 0 Å². The molecule has 0 amide bonds. The molecule has 8 heteroatoms. The molecule has 0 bridgehead atoms. The lowest BCUT2D eigenvalue weighted by molar-refractivity contribution is 0.995. The Morgan fingerprint density at radius 2 is 2.26 bits per heavy atom. The summed E-state index contributed by atoms with van der Waals surface area (Å²) < 4.78 is 0. The zero-order chi connectivity index (χ0) is 13.2. The van der Waals surface area contributed by atoms with Gasteiger partial charge in [-0.25, -0.2) is 5.10 Å². The monoisotopic (exact) mass is 291 g/mol. The summed E-state index contributed by atoms with van der Waals surface area (Å²) in [5.74, 6) is 0. The van der Waals surface area contributed by atoms with Crippen molar-refractivity contribution < 1.29 is 0 Å². The van der Waals surface area contributed by atoms with Crippen molar-refractivity contribution in [1.82, 2.24) is 20.4 Å². The summed E-state index contributed by atoms with van der Waals surface area (Å²) in [6.07, 6.45) is 0. The Hall–Kier alpha value is -2.06. The van der Waals surface area contributed by atoms with E-state index < -0.39 is 0 Å². The smallest absolute Gasteiger partial charge is 0.274 e. The lowest BCUT2D eigenvalue weighted by Gasteiger charge is -1.98. The fourth-order valence-corrected chi connectivity index (χ4v) is 2.94. The third-order valence-corrected chi connectivity index (χ3v) is 4.31. The molecule has 6 nitrogen and oxygen atoms in total. The number of nitrogens with zero attached hydrogens (tertiary/aromatic N) is 3. The lowest BCUT2D eigenvalue weighted by Crippen LogP contribution is -2.11. The molecule has 0 aliphatic heterocycles. The number of aromatic nitrogens is 4. The van der Waals surface area contributed by atoms with Crippen LogP contribution in [0.15, 0.2) is 28.4 Å². The van der Waals surface area contributed by atoms with E-state index in [4.69, 9.17) is 0 Å². The normalized spacial score (nSPS) is 10.6. The molecular formula is C11H9N5OS2. The van der Waals surface area contributed by atoms with Crippen LogP contribution >= 0.6 is 22.7 Å². The molecule has 3 aromatic heterocycles. The van der Waals surface area contributed by atoms with E-state index in [0.717, 1.165) is 10.6 Å². The average Bonchev–Trinajstić information content (AvgIpc) is 3.10. The van der Waals surface area contributed by atoms with Crippen molar-refractivity contribution in [2.24, 2.45) is 0 Å². The first-order valence-corrected chi connectivity index (χ1v) is 7.13. The molecule has 0 aromatic carbocycles. The number of hydrogen-bond acceptors (Lipinski definition) is 7. The molecule has 3 rings (SSSR count). The molecule has 0 fully saturated rings. The Morgan fingerprint density at radius 1 is 1.37 bits per heavy atom. The van der Waals surface area contributed by atoms with Crippen LogP contribution in [0.4, 0.5) is 5.13 Å². The highest BCUT2D eigenvalue weighted by Crippen LogP contribution is 2.27. The van der Waals surface area contributed by atoms with Crippen molar-refractivity contribution in [2.75, 3.05) is 12.4 Å². The molecule has 0 saturated heterocycles. The van der Waals surface area contributed by atoms with Gasteiger partial charge in [-0.3, -0.25) is 4.79 Å². The van der Waals surface area contributed by atoms with Gasteiger partial charge in [0.1, 0.15) is 5.69 Å². The Kier molecular flexibility index (Phi) is 3.10. The first kappa shape index (κ1) is 12.0. The third kappa shape index (κ3) is 2.27. The minimum Gasteiger partial charge on any atom is -0.363 e. The molecule has 19 heavy (non-hydrogen) atoms. The molecular weight excluding hydrogens is 282 g/mol. The van der Waals surface area contributed by atoms with Gasteiger partial charge >= 0.3 is 0 Å². The predicted octanol–water partition coefficient (Wildman–Crippen LogP) is 2.06. The van der Waals surface area contributed by atoms with E-state index in [0.29, 0.717) is 15.7 Å². The fraction of sp³-hybridized carbons (Fsp3) is 0.0909. The number of hydrogen-bond donors (Lipinski definition) is 2. The second-order valence-electron chi connectivity index (χ2n) is 3.64. The summed E-state index contributed by atoms with van der Waals surface area (Å²) in [4.78, 5) is 12.8. The third-order valence-electron chi connectivity index (χ3n) is 2.45. The summed E-state index contributed by atoms with van der Waals surface area (Å²) in [5, 5.41) is 20.6. The van der Waals surface area contributed by atoms with Crippen LogP contribution in [0.2, 0.25) is 0 Å². The number of nitrogens with one attached hydrogen (secondary N) is 2. The fourth-order valence-electron chi connectivity index (χ4n) is 1.55. The topological polar surface area (TPSA) is 83.6 Å². The maximum absolute atomic E-state index is 11.8. The molecule has 0 spiro atoms. The second-order valence-corrected chi connectivity index (χ2v) is 5.56. The van der Waals surface area contributed by atoms with Crippen LogP contribution in [0, 0.1) is 0 Å². The quantitative estimate of drug-likeness (QED) is 0.771. The van der Waals surface area contributed by atoms with E-state index in [9.17, 15) is 4.79 Å². The van der Waals surface area contributed by atoms with Crippen LogP contribution in [0.3, 0.4) is 0 Å². The Balaban J connectivity index is 2.10. The molecule has 96 valence electrons. The molecule has 0 atom stereocenters. The number of anilines is 1. The maximum atomic E-state index is 11.8. The van der Waals surface area contributed by atoms with Crippen molar-refractivity contribution in [3.63, 3.8) is 0 Å². The van der Waals surface area contributed by atoms with Gasteiger partial charge in [-0.2, -0.15) is 5.10 Å². The van der Waals surface area contributed by atoms with E-state index >= 15 is 0 Å².